The summed E-state index contributed by atoms with van der Waals surface area (Å²) in [6, 6.07) is 9.65. The van der Waals surface area contributed by atoms with Gasteiger partial charge in [-0.2, -0.15) is 0 Å². The van der Waals surface area contributed by atoms with Gasteiger partial charge in [-0.25, -0.2) is 4.98 Å². The van der Waals surface area contributed by atoms with Crippen LogP contribution in [0.1, 0.15) is 5.76 Å². The highest BCUT2D eigenvalue weighted by Crippen LogP contribution is 2.29. The lowest BCUT2D eigenvalue weighted by atomic mass is 10.2. The first-order chi connectivity index (χ1) is 11.1. The van der Waals surface area contributed by atoms with E-state index in [1.807, 2.05) is 29.6 Å². The van der Waals surface area contributed by atoms with Gasteiger partial charge in [0, 0.05) is 21.5 Å². The van der Waals surface area contributed by atoms with Crippen molar-refractivity contribution < 1.29 is 9.32 Å². The predicted molar refractivity (Wildman–Crippen MR) is 95.8 cm³/mol. The van der Waals surface area contributed by atoms with Crippen LogP contribution in [0.4, 0.5) is 5.82 Å². The van der Waals surface area contributed by atoms with E-state index in [0.29, 0.717) is 11.6 Å². The van der Waals surface area contributed by atoms with E-state index in [9.17, 15) is 4.79 Å². The fourth-order valence-electron chi connectivity index (χ4n) is 1.81. The predicted octanol–water partition coefficient (Wildman–Crippen LogP) is 4.60. The summed E-state index contributed by atoms with van der Waals surface area (Å²) in [4.78, 5) is 16.4. The lowest BCUT2D eigenvalue weighted by Gasteiger charge is -1.99. The topological polar surface area (TPSA) is 68.0 Å². The SMILES string of the molecule is Cc1cc(NC(=O)CSc2nc(-c3ccc(Br)cc3)cs2)no1. The Labute approximate surface area is 149 Å². The van der Waals surface area contributed by atoms with Crippen LogP contribution in [0.3, 0.4) is 0 Å². The molecule has 5 nitrogen and oxygen atoms in total. The largest absolute Gasteiger partial charge is 0.360 e. The quantitative estimate of drug-likeness (QED) is 0.623. The molecule has 0 atom stereocenters. The summed E-state index contributed by atoms with van der Waals surface area (Å²) in [6.45, 7) is 1.77. The summed E-state index contributed by atoms with van der Waals surface area (Å²) in [5.74, 6) is 1.23. The van der Waals surface area contributed by atoms with E-state index in [-0.39, 0.29) is 11.7 Å². The van der Waals surface area contributed by atoms with Crippen molar-refractivity contribution in [1.29, 1.82) is 0 Å². The molecule has 8 heteroatoms. The van der Waals surface area contributed by atoms with Crippen LogP contribution in [0.25, 0.3) is 11.3 Å². The van der Waals surface area contributed by atoms with Gasteiger partial charge in [-0.1, -0.05) is 45.0 Å². The van der Waals surface area contributed by atoms with Crippen molar-refractivity contribution in [1.82, 2.24) is 10.1 Å². The van der Waals surface area contributed by atoms with Crippen molar-refractivity contribution >= 4 is 50.8 Å². The van der Waals surface area contributed by atoms with Crippen molar-refractivity contribution in [3.8, 4) is 11.3 Å². The molecule has 0 aliphatic heterocycles. The Morgan fingerprint density at radius 2 is 2.17 bits per heavy atom. The van der Waals surface area contributed by atoms with Crippen LogP contribution >= 0.6 is 39.0 Å². The van der Waals surface area contributed by atoms with E-state index in [1.54, 1.807) is 13.0 Å². The third-order valence-electron chi connectivity index (χ3n) is 2.85. The van der Waals surface area contributed by atoms with Gasteiger partial charge in [0.15, 0.2) is 10.2 Å². The molecule has 0 saturated carbocycles. The zero-order valence-electron chi connectivity index (χ0n) is 12.1. The van der Waals surface area contributed by atoms with Gasteiger partial charge in [0.1, 0.15) is 5.76 Å². The number of hydrogen-bond acceptors (Lipinski definition) is 6. The summed E-state index contributed by atoms with van der Waals surface area (Å²) in [6.07, 6.45) is 0. The van der Waals surface area contributed by atoms with Gasteiger partial charge in [-0.3, -0.25) is 4.79 Å². The van der Waals surface area contributed by atoms with Gasteiger partial charge < -0.3 is 9.84 Å². The van der Waals surface area contributed by atoms with E-state index in [0.717, 1.165) is 20.1 Å². The van der Waals surface area contributed by atoms with Gasteiger partial charge in [0.2, 0.25) is 5.91 Å². The molecule has 0 aliphatic rings. The minimum Gasteiger partial charge on any atom is -0.360 e. The number of nitrogens with zero attached hydrogens (tertiary/aromatic N) is 2. The molecule has 0 radical (unpaired) electrons. The highest BCUT2D eigenvalue weighted by atomic mass is 79.9. The minimum absolute atomic E-state index is 0.135. The minimum atomic E-state index is -0.135. The Morgan fingerprint density at radius 3 is 2.87 bits per heavy atom. The van der Waals surface area contributed by atoms with Gasteiger partial charge >= 0.3 is 0 Å². The average Bonchev–Trinajstić information content (AvgIpc) is 3.15. The zero-order valence-corrected chi connectivity index (χ0v) is 15.3. The second kappa shape index (κ2) is 7.29. The van der Waals surface area contributed by atoms with Gasteiger partial charge in [-0.15, -0.1) is 11.3 Å². The molecule has 0 unspecified atom stereocenters. The lowest BCUT2D eigenvalue weighted by Crippen LogP contribution is -2.14. The van der Waals surface area contributed by atoms with Crippen LogP contribution in [0.2, 0.25) is 0 Å². The molecule has 0 spiro atoms. The van der Waals surface area contributed by atoms with Crippen molar-refractivity contribution in [3.63, 3.8) is 0 Å². The fraction of sp³-hybridized carbons (Fsp3) is 0.133. The van der Waals surface area contributed by atoms with E-state index in [1.165, 1.54) is 23.1 Å². The van der Waals surface area contributed by atoms with E-state index in [2.05, 4.69) is 31.4 Å². The molecule has 1 N–H and O–H groups in total. The molecular weight excluding hydrogens is 398 g/mol. The summed E-state index contributed by atoms with van der Waals surface area (Å²) in [5.41, 5.74) is 1.97. The first kappa shape index (κ1) is 16.2. The maximum absolute atomic E-state index is 11.9. The Balaban J connectivity index is 1.56. The molecule has 0 aliphatic carbocycles. The molecule has 1 amide bonds. The van der Waals surface area contributed by atoms with Crippen LogP contribution in [-0.4, -0.2) is 21.8 Å². The third kappa shape index (κ3) is 4.43. The van der Waals surface area contributed by atoms with E-state index >= 15 is 0 Å². The molecule has 118 valence electrons. The second-order valence-electron chi connectivity index (χ2n) is 4.67. The molecule has 3 rings (SSSR count). The van der Waals surface area contributed by atoms with Crippen LogP contribution in [0.5, 0.6) is 0 Å². The average molecular weight is 410 g/mol. The molecule has 0 bridgehead atoms. The molecule has 1 aromatic carbocycles. The molecule has 0 saturated heterocycles. The van der Waals surface area contributed by atoms with Crippen LogP contribution < -0.4 is 5.32 Å². The Bertz CT molecular complexity index is 814. The number of benzene rings is 1. The second-order valence-corrected chi connectivity index (χ2v) is 7.66. The Kier molecular flexibility index (Phi) is 5.14. The number of carbonyl (C=O) groups is 1. The molecular formula is C15H12BrN3O2S2. The highest BCUT2D eigenvalue weighted by Gasteiger charge is 2.10. The summed E-state index contributed by atoms with van der Waals surface area (Å²) in [5, 5.41) is 8.40. The molecule has 0 fully saturated rings. The maximum atomic E-state index is 11.9. The maximum Gasteiger partial charge on any atom is 0.236 e. The van der Waals surface area contributed by atoms with Crippen LogP contribution in [0, 0.1) is 6.92 Å². The normalized spacial score (nSPS) is 10.7. The van der Waals surface area contributed by atoms with Crippen molar-refractivity contribution in [2.45, 2.75) is 11.3 Å². The number of halogens is 1. The van der Waals surface area contributed by atoms with Crippen LogP contribution in [0.15, 0.2) is 49.0 Å². The van der Waals surface area contributed by atoms with Gasteiger partial charge in [0.05, 0.1) is 11.4 Å². The van der Waals surface area contributed by atoms with E-state index < -0.39 is 0 Å². The summed E-state index contributed by atoms with van der Waals surface area (Å²) < 4.78 is 6.79. The standard InChI is InChI=1S/C15H12BrN3O2S2/c1-9-6-13(19-21-9)18-14(20)8-23-15-17-12(7-22-15)10-2-4-11(16)5-3-10/h2-7H,8H2,1H3,(H,18,19,20). The van der Waals surface area contributed by atoms with Crippen molar-refractivity contribution in [2.24, 2.45) is 0 Å². The lowest BCUT2D eigenvalue weighted by molar-refractivity contribution is -0.113. The summed E-state index contributed by atoms with van der Waals surface area (Å²) in [7, 11) is 0. The smallest absolute Gasteiger partial charge is 0.236 e. The van der Waals surface area contributed by atoms with Crippen molar-refractivity contribution in [2.75, 3.05) is 11.1 Å². The number of nitrogens with one attached hydrogen (secondary N) is 1. The monoisotopic (exact) mass is 409 g/mol. The number of rotatable bonds is 5. The van der Waals surface area contributed by atoms with Gasteiger partial charge in [0.25, 0.3) is 0 Å². The zero-order chi connectivity index (χ0) is 16.2. The number of aryl methyl sites for hydroxylation is 1. The third-order valence-corrected chi connectivity index (χ3v) is 5.39. The number of aromatic nitrogens is 2. The van der Waals surface area contributed by atoms with Gasteiger partial charge in [-0.05, 0) is 19.1 Å². The number of thiazole rings is 1. The Hall–Kier alpha value is -1.64. The Morgan fingerprint density at radius 1 is 1.39 bits per heavy atom. The van der Waals surface area contributed by atoms with E-state index in [4.69, 9.17) is 4.52 Å². The number of amides is 1. The number of hydrogen-bond donors (Lipinski definition) is 1. The number of carbonyl (C=O) groups excluding carboxylic acids is 1. The fourth-order valence-corrected chi connectivity index (χ4v) is 3.71. The molecule has 3 aromatic rings. The number of thioether (sulfide) groups is 1. The first-order valence-electron chi connectivity index (χ1n) is 6.67. The summed E-state index contributed by atoms with van der Waals surface area (Å²) >= 11 is 6.34. The highest BCUT2D eigenvalue weighted by molar-refractivity contribution is 9.10. The van der Waals surface area contributed by atoms with Crippen molar-refractivity contribution in [3.05, 3.63) is 45.9 Å². The molecule has 23 heavy (non-hydrogen) atoms. The number of anilines is 1. The molecule has 2 heterocycles. The van der Waals surface area contributed by atoms with Crippen LogP contribution in [-0.2, 0) is 4.79 Å². The first-order valence-corrected chi connectivity index (χ1v) is 9.33. The molecule has 2 aromatic heterocycles.